The molecule has 0 aliphatic heterocycles. The number of rotatable bonds is 5. The molecule has 1 heterocycles. The zero-order valence-corrected chi connectivity index (χ0v) is 10.9. The molecule has 0 saturated carbocycles. The van der Waals surface area contributed by atoms with Crippen LogP contribution in [0.25, 0.3) is 0 Å². The molecule has 0 aliphatic carbocycles. The number of nitrogens with zero attached hydrogens (tertiary/aromatic N) is 3. The molecule has 0 aromatic carbocycles. The van der Waals surface area contributed by atoms with E-state index in [9.17, 15) is 0 Å². The van der Waals surface area contributed by atoms with E-state index in [1.54, 1.807) is 6.07 Å². The van der Waals surface area contributed by atoms with Gasteiger partial charge in [0.05, 0.1) is 11.8 Å². The Bertz CT molecular complexity index is 385. The maximum atomic E-state index is 8.94. The number of hydrogen-bond donors (Lipinski definition) is 1. The van der Waals surface area contributed by atoms with Gasteiger partial charge in [-0.05, 0) is 23.8 Å². The summed E-state index contributed by atoms with van der Waals surface area (Å²) in [5, 5.41) is 19.9. The molecule has 92 valence electrons. The Morgan fingerprint density at radius 3 is 2.47 bits per heavy atom. The van der Waals surface area contributed by atoms with Crippen LogP contribution in [0.2, 0.25) is 0 Å². The van der Waals surface area contributed by atoms with Crippen LogP contribution in [-0.4, -0.2) is 16.7 Å². The lowest BCUT2D eigenvalue weighted by molar-refractivity contribution is 0.304. The molecule has 1 aromatic heterocycles. The molecular formula is C13H20N4. The average Bonchev–Trinajstić information content (AvgIpc) is 2.29. The van der Waals surface area contributed by atoms with Crippen molar-refractivity contribution in [1.82, 2.24) is 10.2 Å². The Balaban J connectivity index is 2.69. The smallest absolute Gasteiger partial charge is 0.166 e. The van der Waals surface area contributed by atoms with Crippen LogP contribution in [0.5, 0.6) is 0 Å². The van der Waals surface area contributed by atoms with Crippen LogP contribution in [0.15, 0.2) is 12.3 Å². The quantitative estimate of drug-likeness (QED) is 0.847. The van der Waals surface area contributed by atoms with Gasteiger partial charge in [0.2, 0.25) is 0 Å². The third-order valence-corrected chi connectivity index (χ3v) is 3.06. The Morgan fingerprint density at radius 1 is 1.29 bits per heavy atom. The first kappa shape index (κ1) is 13.4. The summed E-state index contributed by atoms with van der Waals surface area (Å²) in [6.07, 6.45) is 1.53. The minimum absolute atomic E-state index is 0.547. The van der Waals surface area contributed by atoms with E-state index in [1.807, 2.05) is 0 Å². The molecule has 0 spiro atoms. The van der Waals surface area contributed by atoms with Gasteiger partial charge in [0.15, 0.2) is 5.82 Å². The van der Waals surface area contributed by atoms with Crippen molar-refractivity contribution in [1.29, 1.82) is 5.26 Å². The molecule has 1 N–H and O–H groups in total. The predicted molar refractivity (Wildman–Crippen MR) is 68.4 cm³/mol. The van der Waals surface area contributed by atoms with E-state index >= 15 is 0 Å². The Hall–Kier alpha value is -1.63. The standard InChI is InChI=1S/C13H20N4/c1-9(2)12(10(3)4)8-15-13-11(7-14)5-6-16-17-13/h5-6,9-10,12H,8H2,1-4H3,(H,15,17). The second-order valence-electron chi connectivity index (χ2n) is 4.94. The summed E-state index contributed by atoms with van der Waals surface area (Å²) in [7, 11) is 0. The molecule has 4 heteroatoms. The van der Waals surface area contributed by atoms with Crippen LogP contribution in [0, 0.1) is 29.1 Å². The van der Waals surface area contributed by atoms with Crippen molar-refractivity contribution in [3.63, 3.8) is 0 Å². The first-order valence-electron chi connectivity index (χ1n) is 6.02. The topological polar surface area (TPSA) is 61.6 Å². The molecule has 0 unspecified atom stereocenters. The molecule has 0 bridgehead atoms. The van der Waals surface area contributed by atoms with Gasteiger partial charge >= 0.3 is 0 Å². The van der Waals surface area contributed by atoms with Crippen molar-refractivity contribution < 1.29 is 0 Å². The first-order valence-corrected chi connectivity index (χ1v) is 6.02. The van der Waals surface area contributed by atoms with E-state index in [1.165, 1.54) is 6.20 Å². The van der Waals surface area contributed by atoms with E-state index in [-0.39, 0.29) is 0 Å². The van der Waals surface area contributed by atoms with Crippen molar-refractivity contribution in [3.8, 4) is 6.07 Å². The lowest BCUT2D eigenvalue weighted by Crippen LogP contribution is -2.25. The molecular weight excluding hydrogens is 212 g/mol. The van der Waals surface area contributed by atoms with Crippen LogP contribution in [0.3, 0.4) is 0 Å². The molecule has 1 aromatic rings. The van der Waals surface area contributed by atoms with Gasteiger partial charge in [0.25, 0.3) is 0 Å². The van der Waals surface area contributed by atoms with Crippen LogP contribution >= 0.6 is 0 Å². The van der Waals surface area contributed by atoms with E-state index < -0.39 is 0 Å². The van der Waals surface area contributed by atoms with Crippen LogP contribution in [-0.2, 0) is 0 Å². The minimum atomic E-state index is 0.547. The van der Waals surface area contributed by atoms with Crippen molar-refractivity contribution >= 4 is 5.82 Å². The van der Waals surface area contributed by atoms with Gasteiger partial charge in [-0.2, -0.15) is 10.4 Å². The number of hydrogen-bond acceptors (Lipinski definition) is 4. The van der Waals surface area contributed by atoms with Crippen LogP contribution in [0.4, 0.5) is 5.82 Å². The van der Waals surface area contributed by atoms with Gasteiger partial charge in [-0.15, -0.1) is 5.10 Å². The second-order valence-corrected chi connectivity index (χ2v) is 4.94. The fraction of sp³-hybridized carbons (Fsp3) is 0.615. The average molecular weight is 232 g/mol. The van der Waals surface area contributed by atoms with Gasteiger partial charge in [-0.3, -0.25) is 0 Å². The lowest BCUT2D eigenvalue weighted by Gasteiger charge is -2.25. The summed E-state index contributed by atoms with van der Waals surface area (Å²) in [5.74, 6) is 2.35. The Kier molecular flexibility index (Phi) is 4.89. The van der Waals surface area contributed by atoms with Crippen molar-refractivity contribution in [2.75, 3.05) is 11.9 Å². The number of nitriles is 1. The number of anilines is 1. The highest BCUT2D eigenvalue weighted by Crippen LogP contribution is 2.21. The fourth-order valence-electron chi connectivity index (χ4n) is 2.01. The van der Waals surface area contributed by atoms with Gasteiger partial charge in [-0.1, -0.05) is 27.7 Å². The van der Waals surface area contributed by atoms with E-state index in [0.717, 1.165) is 6.54 Å². The lowest BCUT2D eigenvalue weighted by atomic mass is 9.85. The van der Waals surface area contributed by atoms with Gasteiger partial charge in [0.1, 0.15) is 6.07 Å². The largest absolute Gasteiger partial charge is 0.367 e. The summed E-state index contributed by atoms with van der Waals surface area (Å²) in [4.78, 5) is 0. The van der Waals surface area contributed by atoms with E-state index in [4.69, 9.17) is 5.26 Å². The second kappa shape index (κ2) is 6.19. The zero-order valence-electron chi connectivity index (χ0n) is 10.9. The molecule has 0 fully saturated rings. The van der Waals surface area contributed by atoms with Crippen molar-refractivity contribution in [2.24, 2.45) is 17.8 Å². The van der Waals surface area contributed by atoms with Crippen molar-refractivity contribution in [3.05, 3.63) is 17.8 Å². The van der Waals surface area contributed by atoms with Gasteiger partial charge in [0, 0.05) is 6.54 Å². The van der Waals surface area contributed by atoms with E-state index in [0.29, 0.717) is 29.1 Å². The minimum Gasteiger partial charge on any atom is -0.367 e. The third-order valence-electron chi connectivity index (χ3n) is 3.06. The summed E-state index contributed by atoms with van der Waals surface area (Å²) < 4.78 is 0. The number of nitrogens with one attached hydrogen (secondary N) is 1. The van der Waals surface area contributed by atoms with Crippen LogP contribution < -0.4 is 5.32 Å². The molecule has 17 heavy (non-hydrogen) atoms. The SMILES string of the molecule is CC(C)C(CNc1nnccc1C#N)C(C)C. The van der Waals surface area contributed by atoms with Gasteiger partial charge < -0.3 is 5.32 Å². The zero-order chi connectivity index (χ0) is 12.8. The molecule has 0 radical (unpaired) electrons. The van der Waals surface area contributed by atoms with E-state index in [2.05, 4.69) is 49.3 Å². The molecule has 0 amide bonds. The molecule has 1 rings (SSSR count). The van der Waals surface area contributed by atoms with Crippen molar-refractivity contribution in [2.45, 2.75) is 27.7 Å². The predicted octanol–water partition coefficient (Wildman–Crippen LogP) is 2.69. The highest BCUT2D eigenvalue weighted by atomic mass is 15.2. The molecule has 0 atom stereocenters. The number of aromatic nitrogens is 2. The fourth-order valence-corrected chi connectivity index (χ4v) is 2.01. The summed E-state index contributed by atoms with van der Waals surface area (Å²) in [6, 6.07) is 3.79. The molecule has 0 saturated heterocycles. The maximum absolute atomic E-state index is 8.94. The summed E-state index contributed by atoms with van der Waals surface area (Å²) in [6.45, 7) is 9.69. The third kappa shape index (κ3) is 3.70. The summed E-state index contributed by atoms with van der Waals surface area (Å²) >= 11 is 0. The molecule has 4 nitrogen and oxygen atoms in total. The normalized spacial score (nSPS) is 10.9. The monoisotopic (exact) mass is 232 g/mol. The van der Waals surface area contributed by atoms with Crippen LogP contribution in [0.1, 0.15) is 33.3 Å². The summed E-state index contributed by atoms with van der Waals surface area (Å²) in [5.41, 5.74) is 0.547. The van der Waals surface area contributed by atoms with Gasteiger partial charge in [-0.25, -0.2) is 0 Å². The Labute approximate surface area is 103 Å². The maximum Gasteiger partial charge on any atom is 0.166 e. The highest BCUT2D eigenvalue weighted by Gasteiger charge is 2.17. The first-order chi connectivity index (χ1) is 8.06. The highest BCUT2D eigenvalue weighted by molar-refractivity contribution is 5.50. The molecule has 0 aliphatic rings. The Morgan fingerprint density at radius 2 is 1.94 bits per heavy atom.